The minimum Gasteiger partial charge on any atom is -0.497 e. The smallest absolute Gasteiger partial charge is 0.119 e. The van der Waals surface area contributed by atoms with Gasteiger partial charge in [-0.3, -0.25) is 0 Å². The zero-order chi connectivity index (χ0) is 44.6. The highest BCUT2D eigenvalue weighted by Gasteiger charge is 2.37. The molecular weight excluding hydrogens is 793 g/mol. The van der Waals surface area contributed by atoms with Crippen LogP contribution >= 0.6 is 0 Å². The lowest BCUT2D eigenvalue weighted by atomic mass is 9.73. The van der Waals surface area contributed by atoms with Gasteiger partial charge in [-0.15, -0.1) is 0 Å². The third-order valence-corrected chi connectivity index (χ3v) is 13.0. The first-order valence-corrected chi connectivity index (χ1v) is 22.7. The Morgan fingerprint density at radius 1 is 0.385 bits per heavy atom. The molecule has 0 radical (unpaired) electrons. The molecule has 0 atom stereocenters. The SMILES string of the molecule is COc1ccc(N(/C=C(/c2ccccc2)c2ccc(C)cc2)c2ccc(C3(c4ccc(N(/C=C(/c5ccccc5)c5ccc(C)cc5)c5ccc(OC)cc5)cc4)CCCC3)cc2)cc1. The summed E-state index contributed by atoms with van der Waals surface area (Å²) in [6.07, 6.45) is 9.16. The van der Waals surface area contributed by atoms with Crippen LogP contribution in [0, 0.1) is 13.8 Å². The van der Waals surface area contributed by atoms with Crippen molar-refractivity contribution in [3.05, 3.63) is 263 Å². The monoisotopic (exact) mass is 848 g/mol. The molecule has 65 heavy (non-hydrogen) atoms. The van der Waals surface area contributed by atoms with Crippen LogP contribution in [0.25, 0.3) is 11.1 Å². The van der Waals surface area contributed by atoms with Crippen LogP contribution in [0.4, 0.5) is 22.7 Å². The molecule has 0 aromatic heterocycles. The maximum atomic E-state index is 5.58. The minimum absolute atomic E-state index is 0.0905. The van der Waals surface area contributed by atoms with Crippen molar-refractivity contribution >= 4 is 33.9 Å². The van der Waals surface area contributed by atoms with Gasteiger partial charge in [-0.2, -0.15) is 0 Å². The molecule has 4 heteroatoms. The van der Waals surface area contributed by atoms with Crippen LogP contribution in [0.1, 0.15) is 70.2 Å². The van der Waals surface area contributed by atoms with Gasteiger partial charge in [-0.1, -0.05) is 157 Å². The van der Waals surface area contributed by atoms with Gasteiger partial charge < -0.3 is 19.3 Å². The first-order chi connectivity index (χ1) is 31.9. The van der Waals surface area contributed by atoms with Crippen molar-refractivity contribution < 1.29 is 9.47 Å². The highest BCUT2D eigenvalue weighted by molar-refractivity contribution is 5.85. The molecule has 4 nitrogen and oxygen atoms in total. The van der Waals surface area contributed by atoms with Gasteiger partial charge in [-0.05, 0) is 133 Å². The largest absolute Gasteiger partial charge is 0.497 e. The van der Waals surface area contributed by atoms with E-state index in [1.807, 2.05) is 24.3 Å². The molecular formula is C61H56N2O2. The number of aryl methyl sites for hydroxylation is 2. The summed E-state index contributed by atoms with van der Waals surface area (Å²) in [5.41, 5.74) is 16.3. The molecule has 0 heterocycles. The summed E-state index contributed by atoms with van der Waals surface area (Å²) in [5.74, 6) is 1.66. The first kappa shape index (κ1) is 42.7. The molecule has 1 fully saturated rings. The number of methoxy groups -OCH3 is 2. The van der Waals surface area contributed by atoms with Crippen LogP contribution in [0.5, 0.6) is 11.5 Å². The Hall–Kier alpha value is -7.56. The second-order valence-corrected chi connectivity index (χ2v) is 17.1. The molecule has 1 saturated carbocycles. The normalized spacial score (nSPS) is 13.6. The van der Waals surface area contributed by atoms with Gasteiger partial charge in [0.05, 0.1) is 14.2 Å². The lowest BCUT2D eigenvalue weighted by Crippen LogP contribution is -2.24. The Morgan fingerprint density at radius 2 is 0.692 bits per heavy atom. The van der Waals surface area contributed by atoms with Crippen molar-refractivity contribution in [2.24, 2.45) is 0 Å². The fourth-order valence-electron chi connectivity index (χ4n) is 9.28. The summed E-state index contributed by atoms with van der Waals surface area (Å²) in [6, 6.07) is 74.3. The van der Waals surface area contributed by atoms with Crippen LogP contribution in [0.15, 0.2) is 219 Å². The molecule has 8 aromatic carbocycles. The number of hydrogen-bond acceptors (Lipinski definition) is 4. The number of anilines is 4. The lowest BCUT2D eigenvalue weighted by molar-refractivity contribution is 0.414. The Kier molecular flexibility index (Phi) is 12.8. The first-order valence-electron chi connectivity index (χ1n) is 22.7. The number of benzene rings is 8. The van der Waals surface area contributed by atoms with E-state index in [1.165, 1.54) is 35.1 Å². The fourth-order valence-corrected chi connectivity index (χ4v) is 9.28. The third kappa shape index (κ3) is 9.39. The van der Waals surface area contributed by atoms with Gasteiger partial charge in [0.25, 0.3) is 0 Å². The standard InChI is InChI=1S/C61H56N2O2/c1-45-17-21-49(22-18-45)59(47-13-7-5-8-14-47)43-62(55-33-37-57(64-3)38-34-55)53-29-25-51(26-30-53)61(41-11-12-42-61)52-27-31-54(32-28-52)63(56-35-39-58(65-4)40-36-56)44-60(48-15-9-6-10-16-48)50-23-19-46(2)20-24-50/h5-10,13-40,43-44H,11-12,41-42H2,1-4H3/b59-43-,60-44-. The molecule has 0 spiro atoms. The van der Waals surface area contributed by atoms with Crippen LogP contribution in [0.2, 0.25) is 0 Å². The summed E-state index contributed by atoms with van der Waals surface area (Å²) >= 11 is 0. The highest BCUT2D eigenvalue weighted by atomic mass is 16.5. The molecule has 9 rings (SSSR count). The van der Waals surface area contributed by atoms with Gasteiger partial charge in [0, 0.05) is 51.7 Å². The summed E-state index contributed by atoms with van der Waals surface area (Å²) < 4.78 is 11.2. The van der Waals surface area contributed by atoms with Crippen LogP contribution in [0.3, 0.4) is 0 Å². The highest BCUT2D eigenvalue weighted by Crippen LogP contribution is 2.48. The summed E-state index contributed by atoms with van der Waals surface area (Å²) in [4.78, 5) is 4.62. The second kappa shape index (κ2) is 19.5. The molecule has 8 aromatic rings. The fraction of sp³-hybridized carbons (Fsp3) is 0.148. The molecule has 0 bridgehead atoms. The summed E-state index contributed by atoms with van der Waals surface area (Å²) in [7, 11) is 3.43. The number of nitrogens with zero attached hydrogens (tertiary/aromatic N) is 2. The number of ether oxygens (including phenoxy) is 2. The molecule has 1 aliphatic rings. The van der Waals surface area contributed by atoms with E-state index in [-0.39, 0.29) is 5.41 Å². The molecule has 0 N–H and O–H groups in total. The Bertz CT molecular complexity index is 2650. The maximum Gasteiger partial charge on any atom is 0.119 e. The molecule has 0 saturated heterocycles. The van der Waals surface area contributed by atoms with Crippen LogP contribution < -0.4 is 19.3 Å². The van der Waals surface area contributed by atoms with E-state index in [0.29, 0.717) is 0 Å². The summed E-state index contributed by atoms with van der Waals surface area (Å²) in [5, 5.41) is 0. The van der Waals surface area contributed by atoms with E-state index in [2.05, 4.69) is 218 Å². The average molecular weight is 849 g/mol. The molecule has 0 amide bonds. The van der Waals surface area contributed by atoms with E-state index in [1.54, 1.807) is 14.2 Å². The topological polar surface area (TPSA) is 24.9 Å². The number of rotatable bonds is 14. The van der Waals surface area contributed by atoms with Crippen LogP contribution in [-0.4, -0.2) is 14.2 Å². The predicted octanol–water partition coefficient (Wildman–Crippen LogP) is 15.6. The van der Waals surface area contributed by atoms with Gasteiger partial charge in [-0.25, -0.2) is 0 Å². The van der Waals surface area contributed by atoms with E-state index >= 15 is 0 Å². The van der Waals surface area contributed by atoms with Crippen molar-refractivity contribution in [1.82, 2.24) is 0 Å². The van der Waals surface area contributed by atoms with E-state index < -0.39 is 0 Å². The lowest BCUT2D eigenvalue weighted by Gasteiger charge is -2.32. The second-order valence-electron chi connectivity index (χ2n) is 17.1. The van der Waals surface area contributed by atoms with Crippen LogP contribution in [-0.2, 0) is 5.41 Å². The minimum atomic E-state index is -0.0905. The van der Waals surface area contributed by atoms with E-state index in [9.17, 15) is 0 Å². The quantitative estimate of drug-likeness (QED) is 0.109. The molecule has 322 valence electrons. The molecule has 1 aliphatic carbocycles. The van der Waals surface area contributed by atoms with E-state index in [4.69, 9.17) is 9.47 Å². The third-order valence-electron chi connectivity index (χ3n) is 13.0. The number of hydrogen-bond donors (Lipinski definition) is 0. The van der Waals surface area contributed by atoms with Crippen molar-refractivity contribution in [1.29, 1.82) is 0 Å². The average Bonchev–Trinajstić information content (AvgIpc) is 3.88. The van der Waals surface area contributed by atoms with Crippen molar-refractivity contribution in [3.8, 4) is 11.5 Å². The van der Waals surface area contributed by atoms with Gasteiger partial charge in [0.15, 0.2) is 0 Å². The zero-order valence-corrected chi connectivity index (χ0v) is 37.8. The van der Waals surface area contributed by atoms with Crippen molar-refractivity contribution in [2.75, 3.05) is 24.0 Å². The molecule has 0 unspecified atom stereocenters. The van der Waals surface area contributed by atoms with Crippen molar-refractivity contribution in [2.45, 2.75) is 44.9 Å². The zero-order valence-electron chi connectivity index (χ0n) is 37.8. The Labute approximate surface area is 385 Å². The van der Waals surface area contributed by atoms with Crippen molar-refractivity contribution in [3.63, 3.8) is 0 Å². The maximum absolute atomic E-state index is 5.58. The summed E-state index contributed by atoms with van der Waals surface area (Å²) in [6.45, 7) is 4.27. The predicted molar refractivity (Wildman–Crippen MR) is 272 cm³/mol. The van der Waals surface area contributed by atoms with Gasteiger partial charge in [0.2, 0.25) is 0 Å². The van der Waals surface area contributed by atoms with Gasteiger partial charge >= 0.3 is 0 Å². The van der Waals surface area contributed by atoms with E-state index in [0.717, 1.165) is 80.5 Å². The van der Waals surface area contributed by atoms with Gasteiger partial charge in [0.1, 0.15) is 11.5 Å². The molecule has 0 aliphatic heterocycles. The Balaban J connectivity index is 1.10. The Morgan fingerprint density at radius 3 is 1.02 bits per heavy atom.